The van der Waals surface area contributed by atoms with Crippen LogP contribution in [0.15, 0.2) is 24.3 Å². The van der Waals surface area contributed by atoms with Gasteiger partial charge in [0.25, 0.3) is 0 Å². The van der Waals surface area contributed by atoms with Gasteiger partial charge in [-0.1, -0.05) is 23.7 Å². The van der Waals surface area contributed by atoms with E-state index in [1.165, 1.54) is 0 Å². The lowest BCUT2D eigenvalue weighted by atomic mass is 10.3. The lowest BCUT2D eigenvalue weighted by molar-refractivity contribution is 0.125. The lowest BCUT2D eigenvalue weighted by Gasteiger charge is -2.28. The third-order valence-corrected chi connectivity index (χ3v) is 2.79. The van der Waals surface area contributed by atoms with E-state index in [0.29, 0.717) is 10.7 Å². The first-order valence-corrected chi connectivity index (χ1v) is 6.29. The van der Waals surface area contributed by atoms with E-state index >= 15 is 0 Å². The van der Waals surface area contributed by atoms with E-state index in [-0.39, 0.29) is 18.6 Å². The Balaban J connectivity index is 2.76. The number of para-hydroxylation sites is 1. The molecule has 0 fully saturated rings. The molecule has 0 saturated heterocycles. The fraction of sp³-hybridized carbons (Fsp3) is 0.462. The van der Waals surface area contributed by atoms with Crippen molar-refractivity contribution >= 4 is 23.3 Å². The molecule has 0 aliphatic rings. The maximum atomic E-state index is 12.1. The van der Waals surface area contributed by atoms with E-state index in [9.17, 15) is 9.90 Å². The Morgan fingerprint density at radius 1 is 1.39 bits per heavy atom. The molecule has 1 rings (SSSR count). The monoisotopic (exact) mass is 270 g/mol. The van der Waals surface area contributed by atoms with Crippen LogP contribution in [0.5, 0.6) is 0 Å². The van der Waals surface area contributed by atoms with Gasteiger partial charge in [0.2, 0.25) is 0 Å². The second kappa shape index (κ2) is 6.61. The molecule has 4 nitrogen and oxygen atoms in total. The van der Waals surface area contributed by atoms with Crippen LogP contribution in [0.1, 0.15) is 20.8 Å². The second-order valence-electron chi connectivity index (χ2n) is 4.51. The zero-order chi connectivity index (χ0) is 13.7. The van der Waals surface area contributed by atoms with Crippen LogP contribution >= 0.6 is 11.6 Å². The predicted octanol–water partition coefficient (Wildman–Crippen LogP) is 2.96. The molecule has 0 heterocycles. The number of aliphatic hydroxyl groups excluding tert-OH is 1. The molecule has 0 bridgehead atoms. The van der Waals surface area contributed by atoms with Gasteiger partial charge in [0.15, 0.2) is 0 Å². The van der Waals surface area contributed by atoms with Crippen LogP contribution in [-0.4, -0.2) is 34.7 Å². The van der Waals surface area contributed by atoms with Gasteiger partial charge in [-0.2, -0.15) is 0 Å². The molecule has 0 aliphatic carbocycles. The van der Waals surface area contributed by atoms with E-state index in [2.05, 4.69) is 5.32 Å². The summed E-state index contributed by atoms with van der Waals surface area (Å²) in [6, 6.07) is 6.79. The standard InChI is InChI=1S/C13H19ClN2O2/c1-9(2)16(8-10(3)17)13(18)15-12-7-5-4-6-11(12)14/h4-7,9-10,17H,8H2,1-3H3,(H,15,18)/t10-/m1/s1. The zero-order valence-corrected chi connectivity index (χ0v) is 11.6. The summed E-state index contributed by atoms with van der Waals surface area (Å²) in [6.07, 6.45) is -0.565. The number of hydrogen-bond acceptors (Lipinski definition) is 2. The molecule has 0 aliphatic heterocycles. The SMILES string of the molecule is CC(C)N(C[C@@H](C)O)C(=O)Nc1ccccc1Cl. The summed E-state index contributed by atoms with van der Waals surface area (Å²) >= 11 is 5.98. The van der Waals surface area contributed by atoms with Gasteiger partial charge < -0.3 is 15.3 Å². The Kier molecular flexibility index (Phi) is 5.44. The molecule has 2 amide bonds. The molecule has 1 atom stereocenters. The fourth-order valence-electron chi connectivity index (χ4n) is 1.56. The topological polar surface area (TPSA) is 52.6 Å². The van der Waals surface area contributed by atoms with E-state index in [4.69, 9.17) is 11.6 Å². The van der Waals surface area contributed by atoms with Crippen molar-refractivity contribution in [2.45, 2.75) is 32.9 Å². The Morgan fingerprint density at radius 3 is 2.50 bits per heavy atom. The third kappa shape index (κ3) is 4.20. The number of rotatable bonds is 4. The number of urea groups is 1. The molecule has 1 aromatic carbocycles. The van der Waals surface area contributed by atoms with Crippen molar-refractivity contribution in [1.29, 1.82) is 0 Å². The minimum atomic E-state index is -0.565. The third-order valence-electron chi connectivity index (χ3n) is 2.46. The first-order chi connectivity index (χ1) is 8.41. The van der Waals surface area contributed by atoms with E-state index < -0.39 is 6.10 Å². The van der Waals surface area contributed by atoms with Crippen LogP contribution in [0.3, 0.4) is 0 Å². The lowest BCUT2D eigenvalue weighted by Crippen LogP contribution is -2.43. The fourth-order valence-corrected chi connectivity index (χ4v) is 1.75. The van der Waals surface area contributed by atoms with Gasteiger partial charge in [0, 0.05) is 12.6 Å². The Labute approximate surface area is 113 Å². The van der Waals surface area contributed by atoms with E-state index in [1.807, 2.05) is 13.8 Å². The highest BCUT2D eigenvalue weighted by Crippen LogP contribution is 2.21. The molecule has 0 unspecified atom stereocenters. The number of benzene rings is 1. The highest BCUT2D eigenvalue weighted by Gasteiger charge is 2.19. The van der Waals surface area contributed by atoms with Gasteiger partial charge in [-0.05, 0) is 32.9 Å². The van der Waals surface area contributed by atoms with Gasteiger partial charge in [-0.25, -0.2) is 4.79 Å². The van der Waals surface area contributed by atoms with Crippen LogP contribution in [0.2, 0.25) is 5.02 Å². The Bertz CT molecular complexity index is 408. The summed E-state index contributed by atoms with van der Waals surface area (Å²) in [5.41, 5.74) is 0.570. The Hall–Kier alpha value is -1.26. The highest BCUT2D eigenvalue weighted by atomic mass is 35.5. The minimum Gasteiger partial charge on any atom is -0.392 e. The number of anilines is 1. The van der Waals surface area contributed by atoms with E-state index in [1.54, 1.807) is 36.1 Å². The molecule has 0 radical (unpaired) electrons. The number of aliphatic hydroxyl groups is 1. The second-order valence-corrected chi connectivity index (χ2v) is 4.91. The van der Waals surface area contributed by atoms with Gasteiger partial charge in [0.1, 0.15) is 0 Å². The normalized spacial score (nSPS) is 12.3. The van der Waals surface area contributed by atoms with Crippen molar-refractivity contribution in [3.63, 3.8) is 0 Å². The van der Waals surface area contributed by atoms with Crippen molar-refractivity contribution in [2.75, 3.05) is 11.9 Å². The highest BCUT2D eigenvalue weighted by molar-refractivity contribution is 6.33. The van der Waals surface area contributed by atoms with Crippen molar-refractivity contribution in [1.82, 2.24) is 4.90 Å². The average Bonchev–Trinajstić information content (AvgIpc) is 2.28. The number of hydrogen-bond donors (Lipinski definition) is 2. The smallest absolute Gasteiger partial charge is 0.322 e. The first-order valence-electron chi connectivity index (χ1n) is 5.92. The molecule has 0 aromatic heterocycles. The summed E-state index contributed by atoms with van der Waals surface area (Å²) in [4.78, 5) is 13.7. The molecule has 18 heavy (non-hydrogen) atoms. The van der Waals surface area contributed by atoms with Crippen molar-refractivity contribution in [3.05, 3.63) is 29.3 Å². The van der Waals surface area contributed by atoms with Crippen LogP contribution in [0.25, 0.3) is 0 Å². The van der Waals surface area contributed by atoms with Gasteiger partial charge in [-0.15, -0.1) is 0 Å². The number of carbonyl (C=O) groups is 1. The average molecular weight is 271 g/mol. The zero-order valence-electron chi connectivity index (χ0n) is 10.9. The molecule has 0 spiro atoms. The largest absolute Gasteiger partial charge is 0.392 e. The summed E-state index contributed by atoms with van der Waals surface area (Å²) < 4.78 is 0. The Morgan fingerprint density at radius 2 is 2.00 bits per heavy atom. The number of nitrogens with one attached hydrogen (secondary N) is 1. The van der Waals surface area contributed by atoms with Gasteiger partial charge in [0.05, 0.1) is 16.8 Å². The van der Waals surface area contributed by atoms with Crippen LogP contribution in [0, 0.1) is 0 Å². The van der Waals surface area contributed by atoms with Crippen molar-refractivity contribution in [2.24, 2.45) is 0 Å². The summed E-state index contributed by atoms with van der Waals surface area (Å²) in [7, 11) is 0. The molecular weight excluding hydrogens is 252 g/mol. The molecule has 2 N–H and O–H groups in total. The number of halogens is 1. The van der Waals surface area contributed by atoms with Crippen LogP contribution in [0.4, 0.5) is 10.5 Å². The minimum absolute atomic E-state index is 0.00193. The number of amides is 2. The summed E-state index contributed by atoms with van der Waals surface area (Å²) in [5.74, 6) is 0. The summed E-state index contributed by atoms with van der Waals surface area (Å²) in [6.45, 7) is 5.73. The van der Waals surface area contributed by atoms with Crippen LogP contribution < -0.4 is 5.32 Å². The van der Waals surface area contributed by atoms with E-state index in [0.717, 1.165) is 0 Å². The summed E-state index contributed by atoms with van der Waals surface area (Å²) in [5, 5.41) is 12.6. The quantitative estimate of drug-likeness (QED) is 0.884. The molecule has 1 aromatic rings. The molecule has 5 heteroatoms. The first kappa shape index (κ1) is 14.8. The molecular formula is C13H19ClN2O2. The van der Waals surface area contributed by atoms with Gasteiger partial charge >= 0.3 is 6.03 Å². The van der Waals surface area contributed by atoms with Gasteiger partial charge in [-0.3, -0.25) is 0 Å². The molecule has 100 valence electrons. The van der Waals surface area contributed by atoms with Crippen molar-refractivity contribution in [3.8, 4) is 0 Å². The predicted molar refractivity (Wildman–Crippen MR) is 74.0 cm³/mol. The number of nitrogens with zero attached hydrogens (tertiary/aromatic N) is 1. The molecule has 0 saturated carbocycles. The maximum Gasteiger partial charge on any atom is 0.322 e. The van der Waals surface area contributed by atoms with Crippen LogP contribution in [-0.2, 0) is 0 Å². The van der Waals surface area contributed by atoms with Crippen molar-refractivity contribution < 1.29 is 9.90 Å². The maximum absolute atomic E-state index is 12.1. The number of carbonyl (C=O) groups excluding carboxylic acids is 1.